The summed E-state index contributed by atoms with van der Waals surface area (Å²) in [5.41, 5.74) is -1.12. The first-order valence-electron chi connectivity index (χ1n) is 9.19. The predicted octanol–water partition coefficient (Wildman–Crippen LogP) is 3.49. The normalized spacial score (nSPS) is 26.9. The first kappa shape index (κ1) is 22.9. The summed E-state index contributed by atoms with van der Waals surface area (Å²) in [7, 11) is 3.14. The van der Waals surface area contributed by atoms with Crippen molar-refractivity contribution >= 4 is 6.09 Å². The van der Waals surface area contributed by atoms with Crippen LogP contribution in [0.3, 0.4) is 0 Å². The molecule has 0 saturated carbocycles. The number of allylic oxidation sites excluding steroid dienone is 1. The molecule has 0 bridgehead atoms. The van der Waals surface area contributed by atoms with Gasteiger partial charge in [-0.25, -0.2) is 4.79 Å². The Bertz CT molecular complexity index is 501. The minimum Gasteiger partial charge on any atom is -0.443 e. The minimum atomic E-state index is -0.739. The maximum atomic E-state index is 12.2. The van der Waals surface area contributed by atoms with Gasteiger partial charge in [-0.3, -0.25) is 0 Å². The van der Waals surface area contributed by atoms with Crippen molar-refractivity contribution in [2.75, 3.05) is 14.2 Å². The van der Waals surface area contributed by atoms with Crippen LogP contribution in [0.1, 0.15) is 54.9 Å². The second-order valence-electron chi connectivity index (χ2n) is 9.35. The molecule has 1 heterocycles. The smallest absolute Gasteiger partial charge is 0.408 e. The highest BCUT2D eigenvalue weighted by Gasteiger charge is 2.59. The van der Waals surface area contributed by atoms with Crippen LogP contribution in [0.25, 0.3) is 0 Å². The zero-order chi connectivity index (χ0) is 20.3. The van der Waals surface area contributed by atoms with Crippen LogP contribution >= 0.6 is 0 Å². The maximum Gasteiger partial charge on any atom is 0.408 e. The Morgan fingerprint density at radius 1 is 1.23 bits per heavy atom. The molecule has 0 aliphatic carbocycles. The van der Waals surface area contributed by atoms with Crippen LogP contribution in [-0.4, -0.2) is 49.5 Å². The predicted molar refractivity (Wildman–Crippen MR) is 102 cm³/mol. The summed E-state index contributed by atoms with van der Waals surface area (Å²) >= 11 is 0. The van der Waals surface area contributed by atoms with Gasteiger partial charge in [0.1, 0.15) is 6.10 Å². The summed E-state index contributed by atoms with van der Waals surface area (Å²) in [5.74, 6) is -0.305. The molecule has 4 atom stereocenters. The summed E-state index contributed by atoms with van der Waals surface area (Å²) in [4.78, 5) is 12.2. The number of hydrogen-bond donors (Lipinski definition) is 2. The van der Waals surface area contributed by atoms with Crippen molar-refractivity contribution in [3.05, 3.63) is 12.2 Å². The Labute approximate surface area is 158 Å². The average molecular weight is 372 g/mol. The van der Waals surface area contributed by atoms with E-state index in [1.54, 1.807) is 20.3 Å². The van der Waals surface area contributed by atoms with E-state index in [1.165, 1.54) is 0 Å². The largest absolute Gasteiger partial charge is 0.443 e. The van der Waals surface area contributed by atoms with Gasteiger partial charge in [-0.05, 0) is 10.8 Å². The van der Waals surface area contributed by atoms with Gasteiger partial charge in [-0.1, -0.05) is 60.6 Å². The second kappa shape index (κ2) is 8.28. The van der Waals surface area contributed by atoms with E-state index in [9.17, 15) is 9.90 Å². The van der Waals surface area contributed by atoms with Crippen molar-refractivity contribution in [1.29, 1.82) is 0 Å². The minimum absolute atomic E-state index is 0.0381. The lowest BCUT2D eigenvalue weighted by atomic mass is 9.65. The van der Waals surface area contributed by atoms with Crippen LogP contribution in [-0.2, 0) is 14.2 Å². The van der Waals surface area contributed by atoms with E-state index in [-0.39, 0.29) is 16.7 Å². The first-order valence-corrected chi connectivity index (χ1v) is 9.19. The van der Waals surface area contributed by atoms with Gasteiger partial charge in [0.2, 0.25) is 0 Å². The molecule has 1 aliphatic rings. The fraction of sp³-hybridized carbons (Fsp3) is 0.850. The Balaban J connectivity index is 3.22. The van der Waals surface area contributed by atoms with Crippen molar-refractivity contribution in [2.24, 2.45) is 16.7 Å². The van der Waals surface area contributed by atoms with Crippen LogP contribution in [0.15, 0.2) is 12.2 Å². The Hall–Kier alpha value is -1.11. The van der Waals surface area contributed by atoms with E-state index in [2.05, 4.69) is 26.1 Å². The van der Waals surface area contributed by atoms with Crippen LogP contribution in [0, 0.1) is 16.7 Å². The maximum absolute atomic E-state index is 12.2. The number of methoxy groups -OCH3 is 2. The van der Waals surface area contributed by atoms with Crippen LogP contribution in [0.5, 0.6) is 0 Å². The van der Waals surface area contributed by atoms with E-state index >= 15 is 0 Å². The molecule has 0 aromatic rings. The van der Waals surface area contributed by atoms with Crippen LogP contribution in [0.4, 0.5) is 4.79 Å². The summed E-state index contributed by atoms with van der Waals surface area (Å²) in [6, 6.07) is 0. The molecule has 0 aromatic carbocycles. The zero-order valence-corrected chi connectivity index (χ0v) is 17.8. The number of aliphatic hydroxyl groups is 1. The van der Waals surface area contributed by atoms with Gasteiger partial charge in [0.25, 0.3) is 0 Å². The summed E-state index contributed by atoms with van der Waals surface area (Å²) in [6.45, 7) is 14.2. The van der Waals surface area contributed by atoms with Gasteiger partial charge >= 0.3 is 6.09 Å². The molecule has 0 radical (unpaired) electrons. The van der Waals surface area contributed by atoms with Crippen molar-refractivity contribution in [2.45, 2.75) is 78.9 Å². The molecule has 0 aromatic heterocycles. The number of cyclic esters (lactones) is 1. The monoisotopic (exact) mass is 371 g/mol. The topological polar surface area (TPSA) is 77.0 Å². The Morgan fingerprint density at radius 2 is 1.77 bits per heavy atom. The first-order chi connectivity index (χ1) is 11.8. The molecular formula is C20H37NO5. The number of hydrogen-bond acceptors (Lipinski definition) is 5. The van der Waals surface area contributed by atoms with E-state index in [1.807, 2.05) is 33.8 Å². The number of nitrogens with one attached hydrogen (secondary N) is 1. The zero-order valence-electron chi connectivity index (χ0n) is 17.8. The summed E-state index contributed by atoms with van der Waals surface area (Å²) in [6.07, 6.45) is 1.95. The molecule has 2 N–H and O–H groups in total. The van der Waals surface area contributed by atoms with Crippen molar-refractivity contribution in [3.63, 3.8) is 0 Å². The van der Waals surface area contributed by atoms with Gasteiger partial charge < -0.3 is 24.6 Å². The highest BCUT2D eigenvalue weighted by atomic mass is 16.7. The molecule has 3 unspecified atom stereocenters. The van der Waals surface area contributed by atoms with Crippen molar-refractivity contribution in [3.8, 4) is 0 Å². The number of aliphatic hydroxyl groups excluding tert-OH is 1. The Morgan fingerprint density at radius 3 is 2.19 bits per heavy atom. The number of carbonyl (C=O) groups is 1. The second-order valence-corrected chi connectivity index (χ2v) is 9.35. The van der Waals surface area contributed by atoms with Crippen molar-refractivity contribution < 1.29 is 24.1 Å². The van der Waals surface area contributed by atoms with Crippen molar-refractivity contribution in [1.82, 2.24) is 5.32 Å². The molecule has 6 heteroatoms. The standard InChI is InChI=1S/C20H37NO5/c1-13(14(22)10-11-18(2,3)4)16-20(19(5,6)7,21-17(23)26-16)12-15(24-8)25-9/h10-11,13-16,22H,12H2,1-9H3,(H,21,23)/b11-10+/t13-,14?,16?,20?/m0/s1. The van der Waals surface area contributed by atoms with Gasteiger partial charge in [-0.15, -0.1) is 0 Å². The third-order valence-electron chi connectivity index (χ3n) is 5.21. The lowest BCUT2D eigenvalue weighted by Gasteiger charge is -2.47. The van der Waals surface area contributed by atoms with E-state index in [4.69, 9.17) is 14.2 Å². The number of rotatable bonds is 7. The Kier molecular flexibility index (Phi) is 7.30. The van der Waals surface area contributed by atoms with Crippen LogP contribution in [0.2, 0.25) is 0 Å². The molecule has 152 valence electrons. The van der Waals surface area contributed by atoms with Gasteiger partial charge in [0.05, 0.1) is 11.6 Å². The molecular weight excluding hydrogens is 334 g/mol. The average Bonchev–Trinajstić information content (AvgIpc) is 2.86. The SMILES string of the molecule is COC(CC1(C(C)(C)C)NC(=O)OC1[C@@H](C)C(O)/C=C/C(C)(C)C)OC. The van der Waals surface area contributed by atoms with Crippen LogP contribution < -0.4 is 5.32 Å². The molecule has 1 amide bonds. The fourth-order valence-electron chi connectivity index (χ4n) is 3.41. The molecule has 1 rings (SSSR count). The number of alkyl carbamates (subject to hydrolysis) is 1. The highest BCUT2D eigenvalue weighted by Crippen LogP contribution is 2.45. The fourth-order valence-corrected chi connectivity index (χ4v) is 3.41. The number of ether oxygens (including phenoxy) is 3. The molecule has 0 spiro atoms. The van der Waals surface area contributed by atoms with E-state index in [0.717, 1.165) is 0 Å². The number of amides is 1. The molecule has 1 saturated heterocycles. The molecule has 6 nitrogen and oxygen atoms in total. The lowest BCUT2D eigenvalue weighted by molar-refractivity contribution is -0.140. The lowest BCUT2D eigenvalue weighted by Crippen LogP contribution is -2.62. The third-order valence-corrected chi connectivity index (χ3v) is 5.21. The molecule has 26 heavy (non-hydrogen) atoms. The molecule has 1 fully saturated rings. The van der Waals surface area contributed by atoms with Gasteiger partial charge in [0.15, 0.2) is 6.29 Å². The quantitative estimate of drug-likeness (QED) is 0.529. The molecule has 1 aliphatic heterocycles. The highest BCUT2D eigenvalue weighted by molar-refractivity contribution is 5.72. The van der Waals surface area contributed by atoms with Gasteiger partial charge in [0, 0.05) is 26.6 Å². The van der Waals surface area contributed by atoms with Gasteiger partial charge in [-0.2, -0.15) is 0 Å². The summed E-state index contributed by atoms with van der Waals surface area (Å²) in [5, 5.41) is 13.7. The number of carbonyl (C=O) groups excluding carboxylic acids is 1. The van der Waals surface area contributed by atoms with E-state index < -0.39 is 30.1 Å². The third kappa shape index (κ3) is 5.21. The summed E-state index contributed by atoms with van der Waals surface area (Å²) < 4.78 is 16.4. The van der Waals surface area contributed by atoms with E-state index in [0.29, 0.717) is 6.42 Å².